The van der Waals surface area contributed by atoms with Gasteiger partial charge in [0, 0.05) is 12.5 Å². The van der Waals surface area contributed by atoms with Crippen LogP contribution < -0.4 is 0 Å². The number of hydrogen-bond acceptors (Lipinski definition) is 3. The maximum absolute atomic E-state index is 13.7. The zero-order chi connectivity index (χ0) is 16.3. The summed E-state index contributed by atoms with van der Waals surface area (Å²) in [5.74, 6) is -2.01. The number of halogens is 1. The van der Waals surface area contributed by atoms with Crippen molar-refractivity contribution in [3.05, 3.63) is 35.6 Å². The number of hydrogen-bond donors (Lipinski definition) is 1. The van der Waals surface area contributed by atoms with Crippen LogP contribution in [0.5, 0.6) is 0 Å². The van der Waals surface area contributed by atoms with Crippen LogP contribution in [0.25, 0.3) is 0 Å². The summed E-state index contributed by atoms with van der Waals surface area (Å²) >= 11 is 0. The number of ether oxygens (including phenoxy) is 1. The van der Waals surface area contributed by atoms with Gasteiger partial charge in [0.1, 0.15) is 5.82 Å². The standard InChI is InChI=1S/C16H20FNO4/c1-10(7-12-5-3-4-6-13(12)17)15(19)18-8-11(2)22-14(9-18)16(20)21/h3-6,10-11,14H,7-9H2,1-2H3,(H,20,21)/t10?,11-,14?/m1/s1. The number of carboxylic acids is 1. The summed E-state index contributed by atoms with van der Waals surface area (Å²) in [6, 6.07) is 6.35. The van der Waals surface area contributed by atoms with Crippen LogP contribution in [0.2, 0.25) is 0 Å². The van der Waals surface area contributed by atoms with Crippen molar-refractivity contribution in [1.29, 1.82) is 0 Å². The smallest absolute Gasteiger partial charge is 0.334 e. The van der Waals surface area contributed by atoms with Gasteiger partial charge in [0.25, 0.3) is 0 Å². The summed E-state index contributed by atoms with van der Waals surface area (Å²) in [5.41, 5.74) is 0.486. The van der Waals surface area contributed by atoms with Crippen LogP contribution in [-0.2, 0) is 20.7 Å². The number of nitrogens with zero attached hydrogens (tertiary/aromatic N) is 1. The molecule has 0 saturated carbocycles. The van der Waals surface area contributed by atoms with E-state index in [0.717, 1.165) is 0 Å². The van der Waals surface area contributed by atoms with E-state index < -0.39 is 18.0 Å². The van der Waals surface area contributed by atoms with E-state index in [-0.39, 0.29) is 30.8 Å². The number of amides is 1. The van der Waals surface area contributed by atoms with Crippen molar-refractivity contribution in [2.24, 2.45) is 5.92 Å². The zero-order valence-electron chi connectivity index (χ0n) is 12.7. The van der Waals surface area contributed by atoms with Crippen molar-refractivity contribution >= 4 is 11.9 Å². The van der Waals surface area contributed by atoms with Crippen LogP contribution >= 0.6 is 0 Å². The first kappa shape index (κ1) is 16.4. The van der Waals surface area contributed by atoms with Crippen LogP contribution in [0.4, 0.5) is 4.39 Å². The van der Waals surface area contributed by atoms with Crippen molar-refractivity contribution in [3.63, 3.8) is 0 Å². The third-order valence-corrected chi connectivity index (χ3v) is 3.75. The Morgan fingerprint density at radius 1 is 1.41 bits per heavy atom. The topological polar surface area (TPSA) is 66.8 Å². The summed E-state index contributed by atoms with van der Waals surface area (Å²) in [7, 11) is 0. The fraction of sp³-hybridized carbons (Fsp3) is 0.500. The molecule has 5 nitrogen and oxygen atoms in total. The highest BCUT2D eigenvalue weighted by atomic mass is 19.1. The number of morpholine rings is 1. The molecule has 1 aromatic rings. The van der Waals surface area contributed by atoms with Crippen LogP contribution in [0.15, 0.2) is 24.3 Å². The molecule has 1 aromatic carbocycles. The van der Waals surface area contributed by atoms with Gasteiger partial charge in [-0.1, -0.05) is 25.1 Å². The first-order valence-corrected chi connectivity index (χ1v) is 7.29. The SMILES string of the molecule is CC(Cc1ccccc1F)C(=O)N1CC(C(=O)O)O[C@H](C)C1. The Balaban J connectivity index is 2.03. The van der Waals surface area contributed by atoms with Crippen LogP contribution in [0, 0.1) is 11.7 Å². The van der Waals surface area contributed by atoms with Crippen molar-refractivity contribution in [3.8, 4) is 0 Å². The monoisotopic (exact) mass is 309 g/mol. The molecule has 6 heteroatoms. The minimum atomic E-state index is -1.08. The molecule has 0 aromatic heterocycles. The lowest BCUT2D eigenvalue weighted by Gasteiger charge is -2.36. The molecule has 2 rings (SSSR count). The van der Waals surface area contributed by atoms with Crippen LogP contribution in [-0.4, -0.2) is 47.2 Å². The molecule has 22 heavy (non-hydrogen) atoms. The van der Waals surface area contributed by atoms with Crippen LogP contribution in [0.1, 0.15) is 19.4 Å². The highest BCUT2D eigenvalue weighted by Gasteiger charge is 2.34. The molecule has 1 aliphatic heterocycles. The van der Waals surface area contributed by atoms with Gasteiger partial charge in [0.15, 0.2) is 6.10 Å². The second kappa shape index (κ2) is 6.87. The fourth-order valence-electron chi connectivity index (χ4n) is 2.66. The van der Waals surface area contributed by atoms with E-state index in [4.69, 9.17) is 9.84 Å². The predicted octanol–water partition coefficient (Wildman–Crippen LogP) is 1.70. The molecule has 0 radical (unpaired) electrons. The molecular weight excluding hydrogens is 289 g/mol. The molecule has 1 N–H and O–H groups in total. The molecule has 1 fully saturated rings. The Kier molecular flexibility index (Phi) is 5.13. The number of aliphatic carboxylic acids is 1. The Morgan fingerprint density at radius 2 is 2.09 bits per heavy atom. The van der Waals surface area contributed by atoms with E-state index in [2.05, 4.69) is 0 Å². The van der Waals surface area contributed by atoms with Crippen LogP contribution in [0.3, 0.4) is 0 Å². The molecule has 0 bridgehead atoms. The first-order chi connectivity index (χ1) is 10.4. The lowest BCUT2D eigenvalue weighted by Crippen LogP contribution is -2.53. The third-order valence-electron chi connectivity index (χ3n) is 3.75. The van der Waals surface area contributed by atoms with Crippen molar-refractivity contribution in [2.45, 2.75) is 32.5 Å². The number of carbonyl (C=O) groups excluding carboxylic acids is 1. The quantitative estimate of drug-likeness (QED) is 0.919. The van der Waals surface area contributed by atoms with Gasteiger partial charge in [-0.15, -0.1) is 0 Å². The summed E-state index contributed by atoms with van der Waals surface area (Å²) in [4.78, 5) is 25.0. The number of rotatable bonds is 4. The Hall–Kier alpha value is -1.95. The van der Waals surface area contributed by atoms with Gasteiger partial charge in [-0.05, 0) is 25.0 Å². The second-order valence-corrected chi connectivity index (χ2v) is 5.71. The molecule has 3 atom stereocenters. The molecule has 0 spiro atoms. The fourth-order valence-corrected chi connectivity index (χ4v) is 2.66. The lowest BCUT2D eigenvalue weighted by atomic mass is 9.98. The summed E-state index contributed by atoms with van der Waals surface area (Å²) in [5, 5.41) is 9.05. The van der Waals surface area contributed by atoms with E-state index in [1.807, 2.05) is 0 Å². The zero-order valence-corrected chi connectivity index (χ0v) is 12.7. The molecule has 0 aliphatic carbocycles. The molecule has 1 saturated heterocycles. The van der Waals surface area contributed by atoms with E-state index in [0.29, 0.717) is 12.1 Å². The molecule has 120 valence electrons. The van der Waals surface area contributed by atoms with Crippen molar-refractivity contribution < 1.29 is 23.8 Å². The maximum Gasteiger partial charge on any atom is 0.334 e. The first-order valence-electron chi connectivity index (χ1n) is 7.29. The molecule has 1 heterocycles. The minimum Gasteiger partial charge on any atom is -0.479 e. The number of benzene rings is 1. The van der Waals surface area contributed by atoms with Gasteiger partial charge < -0.3 is 14.7 Å². The Morgan fingerprint density at radius 3 is 2.73 bits per heavy atom. The van der Waals surface area contributed by atoms with E-state index in [9.17, 15) is 14.0 Å². The van der Waals surface area contributed by atoms with Crippen molar-refractivity contribution in [1.82, 2.24) is 4.90 Å². The normalized spacial score (nSPS) is 23.1. The van der Waals surface area contributed by atoms with E-state index in [1.165, 1.54) is 11.0 Å². The van der Waals surface area contributed by atoms with Gasteiger partial charge >= 0.3 is 5.97 Å². The van der Waals surface area contributed by atoms with Gasteiger partial charge in [-0.2, -0.15) is 0 Å². The minimum absolute atomic E-state index is 0.0279. The summed E-state index contributed by atoms with van der Waals surface area (Å²) < 4.78 is 19.0. The third kappa shape index (κ3) is 3.82. The Bertz CT molecular complexity index is 563. The summed E-state index contributed by atoms with van der Waals surface area (Å²) in [6.45, 7) is 3.84. The highest BCUT2D eigenvalue weighted by molar-refractivity contribution is 5.80. The number of carbonyl (C=O) groups is 2. The Labute approximate surface area is 128 Å². The maximum atomic E-state index is 13.7. The van der Waals surface area contributed by atoms with Gasteiger partial charge in [-0.3, -0.25) is 4.79 Å². The molecule has 1 amide bonds. The van der Waals surface area contributed by atoms with Crippen molar-refractivity contribution in [2.75, 3.05) is 13.1 Å². The average Bonchev–Trinajstić information content (AvgIpc) is 2.48. The predicted molar refractivity (Wildman–Crippen MR) is 77.8 cm³/mol. The van der Waals surface area contributed by atoms with Gasteiger partial charge in [-0.25, -0.2) is 9.18 Å². The largest absolute Gasteiger partial charge is 0.479 e. The average molecular weight is 309 g/mol. The molecular formula is C16H20FNO4. The number of carboxylic acid groups (broad SMARTS) is 1. The van der Waals surface area contributed by atoms with Gasteiger partial charge in [0.05, 0.1) is 12.6 Å². The lowest BCUT2D eigenvalue weighted by molar-refractivity contribution is -0.167. The highest BCUT2D eigenvalue weighted by Crippen LogP contribution is 2.18. The molecule has 2 unspecified atom stereocenters. The van der Waals surface area contributed by atoms with Gasteiger partial charge in [0.2, 0.25) is 5.91 Å². The molecule has 1 aliphatic rings. The second-order valence-electron chi connectivity index (χ2n) is 5.71. The summed E-state index contributed by atoms with van der Waals surface area (Å²) in [6.07, 6.45) is -1.05. The van der Waals surface area contributed by atoms with E-state index in [1.54, 1.807) is 32.0 Å². The van der Waals surface area contributed by atoms with E-state index >= 15 is 0 Å².